The van der Waals surface area contributed by atoms with Gasteiger partial charge in [-0.3, -0.25) is 0 Å². The summed E-state index contributed by atoms with van der Waals surface area (Å²) in [4.78, 5) is 2.46. The lowest BCUT2D eigenvalue weighted by molar-refractivity contribution is 0.250. The van der Waals surface area contributed by atoms with Crippen molar-refractivity contribution in [2.45, 2.75) is 78.8 Å². The van der Waals surface area contributed by atoms with Crippen LogP contribution < -0.4 is 10.2 Å². The van der Waals surface area contributed by atoms with Crippen LogP contribution in [-0.4, -0.2) is 13.2 Å². The van der Waals surface area contributed by atoms with Crippen LogP contribution in [0.5, 0.6) is 0 Å². The fourth-order valence-electron chi connectivity index (χ4n) is 3.64. The summed E-state index contributed by atoms with van der Waals surface area (Å²) >= 11 is 0. The molecule has 1 N–H and O–H groups in total. The Morgan fingerprint density at radius 1 is 1.00 bits per heavy atom. The van der Waals surface area contributed by atoms with Crippen LogP contribution in [0.25, 0.3) is 0 Å². The van der Waals surface area contributed by atoms with Crippen molar-refractivity contribution in [2.24, 2.45) is 5.41 Å². The number of nitrogens with one attached hydrogen (secondary N) is 1. The van der Waals surface area contributed by atoms with Crippen molar-refractivity contribution in [1.82, 2.24) is 0 Å². The van der Waals surface area contributed by atoms with Crippen LogP contribution in [0.3, 0.4) is 0 Å². The predicted molar refractivity (Wildman–Crippen MR) is 98.9 cm³/mol. The molecule has 0 spiro atoms. The molecule has 124 valence electrons. The average molecular weight is 303 g/mol. The van der Waals surface area contributed by atoms with Crippen LogP contribution in [0.15, 0.2) is 18.2 Å². The molecule has 1 aromatic carbocycles. The third-order valence-electron chi connectivity index (χ3n) is 6.59. The molecular weight excluding hydrogens is 268 g/mol. The Morgan fingerprint density at radius 3 is 2.09 bits per heavy atom. The molecule has 1 aliphatic heterocycles. The molecule has 0 saturated heterocycles. The Morgan fingerprint density at radius 2 is 1.59 bits per heavy atom. The zero-order chi connectivity index (χ0) is 16.5. The van der Waals surface area contributed by atoms with Gasteiger partial charge in [0.1, 0.15) is 6.17 Å². The normalized spacial score (nSPS) is 18.3. The summed E-state index contributed by atoms with van der Waals surface area (Å²) in [6.45, 7) is 14.0. The molecule has 0 radical (unpaired) electrons. The molecule has 2 rings (SSSR count). The number of rotatable bonds is 6. The summed E-state index contributed by atoms with van der Waals surface area (Å²) in [5.41, 5.74) is 4.71. The number of hydrogen-bond acceptors (Lipinski definition) is 2. The van der Waals surface area contributed by atoms with E-state index in [0.29, 0.717) is 11.6 Å². The van der Waals surface area contributed by atoms with E-state index in [1.807, 2.05) is 0 Å². The minimum Gasteiger partial charge on any atom is -0.363 e. The van der Waals surface area contributed by atoms with Gasteiger partial charge in [-0.15, -0.1) is 0 Å². The Kier molecular flexibility index (Phi) is 4.79. The van der Waals surface area contributed by atoms with E-state index in [-0.39, 0.29) is 5.41 Å². The van der Waals surface area contributed by atoms with E-state index in [1.165, 1.54) is 42.6 Å². The second kappa shape index (κ2) is 6.14. The van der Waals surface area contributed by atoms with Crippen molar-refractivity contribution in [1.29, 1.82) is 0 Å². The third kappa shape index (κ3) is 2.61. The van der Waals surface area contributed by atoms with E-state index in [2.05, 4.69) is 77.0 Å². The van der Waals surface area contributed by atoms with Crippen molar-refractivity contribution in [3.63, 3.8) is 0 Å². The maximum Gasteiger partial charge on any atom is 0.104 e. The van der Waals surface area contributed by atoms with Crippen LogP contribution in [0.1, 0.15) is 72.8 Å². The highest BCUT2D eigenvalue weighted by Crippen LogP contribution is 2.45. The summed E-state index contributed by atoms with van der Waals surface area (Å²) < 4.78 is 0. The van der Waals surface area contributed by atoms with Crippen molar-refractivity contribution in [2.75, 3.05) is 17.3 Å². The minimum absolute atomic E-state index is 0.284. The van der Waals surface area contributed by atoms with Gasteiger partial charge in [-0.2, -0.15) is 0 Å². The van der Waals surface area contributed by atoms with Crippen LogP contribution in [0, 0.1) is 5.41 Å². The summed E-state index contributed by atoms with van der Waals surface area (Å²) in [6, 6.07) is 7.03. The largest absolute Gasteiger partial charge is 0.363 e. The first-order valence-electron chi connectivity index (χ1n) is 8.99. The molecule has 1 aliphatic rings. The SMILES string of the molecule is CCC(C)(CC)c1ccc2c(c1)N(C)C(C(C)(CC)CC)N2. The van der Waals surface area contributed by atoms with Crippen LogP contribution in [0.4, 0.5) is 11.4 Å². The van der Waals surface area contributed by atoms with Gasteiger partial charge in [0.25, 0.3) is 0 Å². The summed E-state index contributed by atoms with van der Waals surface area (Å²) in [5.74, 6) is 0. The fraction of sp³-hybridized carbons (Fsp3) is 0.700. The quantitative estimate of drug-likeness (QED) is 0.716. The standard InChI is InChI=1S/C20H34N2/c1-8-19(5,9-2)15-12-13-16-17(14-15)22(7)18(21-16)20(6,10-3)11-4/h12-14,18,21H,8-11H2,1-7H3. The van der Waals surface area contributed by atoms with Gasteiger partial charge in [-0.05, 0) is 48.8 Å². The Bertz CT molecular complexity index is 512. The highest BCUT2D eigenvalue weighted by atomic mass is 15.3. The van der Waals surface area contributed by atoms with E-state index in [0.717, 1.165) is 0 Å². The Balaban J connectivity index is 2.38. The number of hydrogen-bond donors (Lipinski definition) is 1. The highest BCUT2D eigenvalue weighted by molar-refractivity contribution is 5.77. The number of fused-ring (bicyclic) bond motifs is 1. The molecular formula is C20H34N2. The Labute approximate surface area is 137 Å². The molecule has 2 nitrogen and oxygen atoms in total. The maximum atomic E-state index is 3.77. The fourth-order valence-corrected chi connectivity index (χ4v) is 3.64. The topological polar surface area (TPSA) is 15.3 Å². The zero-order valence-electron chi connectivity index (χ0n) is 15.6. The monoisotopic (exact) mass is 302 g/mol. The lowest BCUT2D eigenvalue weighted by atomic mass is 9.77. The Hall–Kier alpha value is -1.18. The van der Waals surface area contributed by atoms with Gasteiger partial charge >= 0.3 is 0 Å². The van der Waals surface area contributed by atoms with Gasteiger partial charge in [0.2, 0.25) is 0 Å². The smallest absolute Gasteiger partial charge is 0.104 e. The van der Waals surface area contributed by atoms with Crippen LogP contribution >= 0.6 is 0 Å². The van der Waals surface area contributed by atoms with Gasteiger partial charge in [0.05, 0.1) is 11.4 Å². The molecule has 1 unspecified atom stereocenters. The van der Waals surface area contributed by atoms with E-state index in [4.69, 9.17) is 0 Å². The molecule has 0 aromatic heterocycles. The van der Waals surface area contributed by atoms with Crippen LogP contribution in [0.2, 0.25) is 0 Å². The van der Waals surface area contributed by atoms with Gasteiger partial charge in [0, 0.05) is 12.5 Å². The molecule has 1 aromatic rings. The lowest BCUT2D eigenvalue weighted by Crippen LogP contribution is -2.45. The molecule has 0 aliphatic carbocycles. The molecule has 1 atom stereocenters. The first-order valence-corrected chi connectivity index (χ1v) is 8.99. The van der Waals surface area contributed by atoms with Crippen molar-refractivity contribution < 1.29 is 0 Å². The van der Waals surface area contributed by atoms with Crippen molar-refractivity contribution >= 4 is 11.4 Å². The number of anilines is 2. The lowest BCUT2D eigenvalue weighted by Gasteiger charge is -2.38. The molecule has 0 saturated carbocycles. The van der Waals surface area contributed by atoms with Gasteiger partial charge in [-0.1, -0.05) is 47.6 Å². The average Bonchev–Trinajstić information content (AvgIpc) is 2.90. The molecule has 0 fully saturated rings. The van der Waals surface area contributed by atoms with Crippen LogP contribution in [-0.2, 0) is 5.41 Å². The van der Waals surface area contributed by atoms with Gasteiger partial charge < -0.3 is 10.2 Å². The molecule has 2 heteroatoms. The first kappa shape index (κ1) is 17.2. The summed E-state index contributed by atoms with van der Waals surface area (Å²) in [6.07, 6.45) is 5.14. The number of nitrogens with zero attached hydrogens (tertiary/aromatic N) is 1. The maximum absolute atomic E-state index is 3.77. The van der Waals surface area contributed by atoms with Crippen molar-refractivity contribution in [3.8, 4) is 0 Å². The van der Waals surface area contributed by atoms with E-state index in [1.54, 1.807) is 0 Å². The van der Waals surface area contributed by atoms with E-state index >= 15 is 0 Å². The van der Waals surface area contributed by atoms with E-state index in [9.17, 15) is 0 Å². The molecule has 1 heterocycles. The third-order valence-corrected chi connectivity index (χ3v) is 6.59. The molecule has 22 heavy (non-hydrogen) atoms. The highest BCUT2D eigenvalue weighted by Gasteiger charge is 2.39. The van der Waals surface area contributed by atoms with Crippen molar-refractivity contribution in [3.05, 3.63) is 23.8 Å². The second-order valence-corrected chi connectivity index (χ2v) is 7.52. The minimum atomic E-state index is 0.284. The molecule has 0 amide bonds. The van der Waals surface area contributed by atoms with E-state index < -0.39 is 0 Å². The first-order chi connectivity index (χ1) is 10.3. The number of benzene rings is 1. The summed E-state index contributed by atoms with van der Waals surface area (Å²) in [5, 5.41) is 3.77. The van der Waals surface area contributed by atoms with Gasteiger partial charge in [-0.25, -0.2) is 0 Å². The zero-order valence-corrected chi connectivity index (χ0v) is 15.6. The predicted octanol–water partition coefficient (Wildman–Crippen LogP) is 5.78. The molecule has 0 bridgehead atoms. The summed E-state index contributed by atoms with van der Waals surface area (Å²) in [7, 11) is 2.24. The van der Waals surface area contributed by atoms with Gasteiger partial charge in [0.15, 0.2) is 0 Å². The second-order valence-electron chi connectivity index (χ2n) is 7.52.